The molecule has 1 aromatic rings. The molecule has 4 nitrogen and oxygen atoms in total. The summed E-state index contributed by atoms with van der Waals surface area (Å²) in [7, 11) is 2.12. The number of carbonyl (C=O) groups excluding carboxylic acids is 2. The smallest absolute Gasteiger partial charge is 0.220 e. The van der Waals surface area contributed by atoms with Crippen LogP contribution >= 0.6 is 0 Å². The Labute approximate surface area is 126 Å². The van der Waals surface area contributed by atoms with Gasteiger partial charge in [0.1, 0.15) is 0 Å². The molecule has 2 rings (SSSR count). The minimum absolute atomic E-state index is 0.0208. The van der Waals surface area contributed by atoms with E-state index in [0.717, 1.165) is 19.6 Å². The van der Waals surface area contributed by atoms with Gasteiger partial charge in [0.25, 0.3) is 0 Å². The number of piperidine rings is 1. The van der Waals surface area contributed by atoms with Crippen molar-refractivity contribution in [1.82, 2.24) is 10.2 Å². The summed E-state index contributed by atoms with van der Waals surface area (Å²) in [6.45, 7) is 2.92. The Hall–Kier alpha value is -1.68. The highest BCUT2D eigenvalue weighted by Gasteiger charge is 2.17. The minimum Gasteiger partial charge on any atom is -0.356 e. The summed E-state index contributed by atoms with van der Waals surface area (Å²) in [5.74, 6) is 0.549. The van der Waals surface area contributed by atoms with Crippen molar-refractivity contribution in [2.75, 3.05) is 26.7 Å². The number of hydrogen-bond acceptors (Lipinski definition) is 3. The van der Waals surface area contributed by atoms with Crippen LogP contribution in [0, 0.1) is 5.92 Å². The van der Waals surface area contributed by atoms with E-state index >= 15 is 0 Å². The molecule has 1 saturated heterocycles. The molecule has 114 valence electrons. The first-order valence-corrected chi connectivity index (χ1v) is 7.68. The molecule has 1 heterocycles. The van der Waals surface area contributed by atoms with E-state index in [1.165, 1.54) is 12.8 Å². The number of Topliss-reactive ketones (excluding diaryl/α,β-unsaturated/α-hetero) is 1. The average molecular weight is 288 g/mol. The lowest BCUT2D eigenvalue weighted by molar-refractivity contribution is -0.121. The first kappa shape index (κ1) is 15.7. The Balaban J connectivity index is 1.67. The zero-order valence-electron chi connectivity index (χ0n) is 12.7. The summed E-state index contributed by atoms with van der Waals surface area (Å²) in [5, 5.41) is 2.96. The molecule has 1 N–H and O–H groups in total. The van der Waals surface area contributed by atoms with Gasteiger partial charge in [-0.1, -0.05) is 30.3 Å². The summed E-state index contributed by atoms with van der Waals surface area (Å²) in [4.78, 5) is 26.0. The van der Waals surface area contributed by atoms with Crippen LogP contribution in [0.25, 0.3) is 0 Å². The predicted molar refractivity (Wildman–Crippen MR) is 83.2 cm³/mol. The number of nitrogens with one attached hydrogen (secondary N) is 1. The van der Waals surface area contributed by atoms with Crippen molar-refractivity contribution in [3.63, 3.8) is 0 Å². The van der Waals surface area contributed by atoms with Crippen LogP contribution < -0.4 is 5.32 Å². The number of hydrogen-bond donors (Lipinski definition) is 1. The van der Waals surface area contributed by atoms with Crippen molar-refractivity contribution in [3.05, 3.63) is 35.9 Å². The van der Waals surface area contributed by atoms with Gasteiger partial charge in [0.05, 0.1) is 0 Å². The Morgan fingerprint density at radius 3 is 2.71 bits per heavy atom. The molecule has 1 aliphatic rings. The van der Waals surface area contributed by atoms with Crippen LogP contribution in [0.5, 0.6) is 0 Å². The van der Waals surface area contributed by atoms with E-state index in [1.54, 1.807) is 12.1 Å². The number of rotatable bonds is 6. The zero-order valence-corrected chi connectivity index (χ0v) is 12.7. The zero-order chi connectivity index (χ0) is 15.1. The molecule has 0 saturated carbocycles. The molecule has 4 heteroatoms. The number of carbonyl (C=O) groups is 2. The lowest BCUT2D eigenvalue weighted by Gasteiger charge is -2.29. The van der Waals surface area contributed by atoms with E-state index in [2.05, 4.69) is 17.3 Å². The van der Waals surface area contributed by atoms with E-state index in [0.29, 0.717) is 11.5 Å². The van der Waals surface area contributed by atoms with E-state index in [1.807, 2.05) is 18.2 Å². The Morgan fingerprint density at radius 2 is 2.00 bits per heavy atom. The van der Waals surface area contributed by atoms with Gasteiger partial charge >= 0.3 is 0 Å². The molecule has 1 atom stereocenters. The highest BCUT2D eigenvalue weighted by molar-refractivity contribution is 5.97. The van der Waals surface area contributed by atoms with Crippen molar-refractivity contribution < 1.29 is 9.59 Å². The second-order valence-electron chi connectivity index (χ2n) is 5.86. The molecule has 0 aliphatic carbocycles. The van der Waals surface area contributed by atoms with Crippen LogP contribution in [0.4, 0.5) is 0 Å². The van der Waals surface area contributed by atoms with Gasteiger partial charge in [-0.2, -0.15) is 0 Å². The fourth-order valence-corrected chi connectivity index (χ4v) is 2.78. The second kappa shape index (κ2) is 7.93. The van der Waals surface area contributed by atoms with E-state index in [4.69, 9.17) is 0 Å². The van der Waals surface area contributed by atoms with Crippen molar-refractivity contribution in [1.29, 1.82) is 0 Å². The first-order valence-electron chi connectivity index (χ1n) is 7.68. The molecule has 0 bridgehead atoms. The highest BCUT2D eigenvalue weighted by atomic mass is 16.2. The van der Waals surface area contributed by atoms with Gasteiger partial charge in [-0.3, -0.25) is 9.59 Å². The lowest BCUT2D eigenvalue weighted by Crippen LogP contribution is -2.39. The summed E-state index contributed by atoms with van der Waals surface area (Å²) >= 11 is 0. The third-order valence-electron chi connectivity index (χ3n) is 3.98. The largest absolute Gasteiger partial charge is 0.356 e. The normalized spacial score (nSPS) is 19.2. The number of benzene rings is 1. The molecule has 1 aromatic carbocycles. The summed E-state index contributed by atoms with van der Waals surface area (Å²) in [5.41, 5.74) is 0.680. The molecule has 21 heavy (non-hydrogen) atoms. The molecule has 0 spiro atoms. The summed E-state index contributed by atoms with van der Waals surface area (Å²) < 4.78 is 0. The molecular weight excluding hydrogens is 264 g/mol. The van der Waals surface area contributed by atoms with E-state index in [-0.39, 0.29) is 24.5 Å². The Bertz CT molecular complexity index is 473. The maximum absolute atomic E-state index is 11.9. The van der Waals surface area contributed by atoms with Gasteiger partial charge in [0, 0.05) is 31.5 Å². The second-order valence-corrected chi connectivity index (χ2v) is 5.86. The van der Waals surface area contributed by atoms with Gasteiger partial charge in [-0.15, -0.1) is 0 Å². The number of amides is 1. The fourth-order valence-electron chi connectivity index (χ4n) is 2.78. The SMILES string of the molecule is CN1CCC[C@H](CNC(=O)CCC(=O)c2ccccc2)C1. The van der Waals surface area contributed by atoms with Crippen LogP contribution in [-0.4, -0.2) is 43.3 Å². The molecule has 0 unspecified atom stereocenters. The third-order valence-corrected chi connectivity index (χ3v) is 3.98. The van der Waals surface area contributed by atoms with Gasteiger partial charge < -0.3 is 10.2 Å². The standard InChI is InChI=1S/C17H24N2O2/c1-19-11-5-6-14(13-19)12-18-17(21)10-9-16(20)15-7-3-2-4-8-15/h2-4,7-8,14H,5-6,9-13H2,1H3,(H,18,21)/t14-/m1/s1. The van der Waals surface area contributed by atoms with Crippen LogP contribution in [-0.2, 0) is 4.79 Å². The Morgan fingerprint density at radius 1 is 1.24 bits per heavy atom. The maximum atomic E-state index is 11.9. The number of nitrogens with zero attached hydrogens (tertiary/aromatic N) is 1. The topological polar surface area (TPSA) is 49.4 Å². The molecule has 0 radical (unpaired) electrons. The number of likely N-dealkylation sites (tertiary alicyclic amines) is 1. The van der Waals surface area contributed by atoms with Crippen molar-refractivity contribution in [2.45, 2.75) is 25.7 Å². The molecule has 0 aromatic heterocycles. The van der Waals surface area contributed by atoms with Crippen molar-refractivity contribution in [3.8, 4) is 0 Å². The molecular formula is C17H24N2O2. The van der Waals surface area contributed by atoms with Gasteiger partial charge in [0.15, 0.2) is 5.78 Å². The summed E-state index contributed by atoms with van der Waals surface area (Å²) in [6.07, 6.45) is 2.92. The monoisotopic (exact) mass is 288 g/mol. The third kappa shape index (κ3) is 5.31. The highest BCUT2D eigenvalue weighted by Crippen LogP contribution is 2.14. The van der Waals surface area contributed by atoms with Crippen LogP contribution in [0.2, 0.25) is 0 Å². The van der Waals surface area contributed by atoms with Crippen LogP contribution in [0.1, 0.15) is 36.0 Å². The van der Waals surface area contributed by atoms with E-state index in [9.17, 15) is 9.59 Å². The Kier molecular flexibility index (Phi) is 5.93. The quantitative estimate of drug-likeness (QED) is 0.816. The fraction of sp³-hybridized carbons (Fsp3) is 0.529. The summed E-state index contributed by atoms with van der Waals surface area (Å²) in [6, 6.07) is 9.14. The number of ketones is 1. The van der Waals surface area contributed by atoms with E-state index < -0.39 is 0 Å². The maximum Gasteiger partial charge on any atom is 0.220 e. The first-order chi connectivity index (χ1) is 10.1. The lowest BCUT2D eigenvalue weighted by atomic mass is 9.98. The molecule has 1 fully saturated rings. The van der Waals surface area contributed by atoms with Gasteiger partial charge in [-0.25, -0.2) is 0 Å². The minimum atomic E-state index is -0.0208. The molecule has 1 amide bonds. The predicted octanol–water partition coefficient (Wildman–Crippen LogP) is 2.11. The van der Waals surface area contributed by atoms with Crippen molar-refractivity contribution in [2.24, 2.45) is 5.92 Å². The van der Waals surface area contributed by atoms with Crippen molar-refractivity contribution >= 4 is 11.7 Å². The molecule has 1 aliphatic heterocycles. The van der Waals surface area contributed by atoms with Crippen LogP contribution in [0.3, 0.4) is 0 Å². The van der Waals surface area contributed by atoms with Gasteiger partial charge in [-0.05, 0) is 32.4 Å². The van der Waals surface area contributed by atoms with Gasteiger partial charge in [0.2, 0.25) is 5.91 Å². The average Bonchev–Trinajstić information content (AvgIpc) is 2.51. The van der Waals surface area contributed by atoms with Crippen LogP contribution in [0.15, 0.2) is 30.3 Å².